The van der Waals surface area contributed by atoms with E-state index >= 15 is 0 Å². The fraction of sp³-hybridized carbons (Fsp3) is 1.00. The van der Waals surface area contributed by atoms with E-state index in [0.29, 0.717) is 13.2 Å². The van der Waals surface area contributed by atoms with Crippen LogP contribution in [0.1, 0.15) is 219 Å². The minimum absolute atomic E-state index is 0.576. The first-order valence-corrected chi connectivity index (χ1v) is 19.6. The van der Waals surface area contributed by atoms with Crippen LogP contribution in [-0.4, -0.2) is 13.2 Å². The van der Waals surface area contributed by atoms with Crippen molar-refractivity contribution >= 4 is 8.25 Å². The van der Waals surface area contributed by atoms with E-state index < -0.39 is 8.25 Å². The Morgan fingerprint density at radius 3 is 0.675 bits per heavy atom. The quantitative estimate of drug-likeness (QED) is 0.0542. The van der Waals surface area contributed by atoms with E-state index in [0.717, 1.165) is 12.8 Å². The molecule has 1 radical (unpaired) electrons. The van der Waals surface area contributed by atoms with Crippen LogP contribution in [-0.2, 0) is 13.6 Å². The lowest BCUT2D eigenvalue weighted by molar-refractivity contribution is 0.218. The Morgan fingerprint density at radius 1 is 0.300 bits per heavy atom. The van der Waals surface area contributed by atoms with Crippen LogP contribution in [0.15, 0.2) is 0 Å². The highest BCUT2D eigenvalue weighted by Gasteiger charge is 2.02. The molecular formula is C36H74O3P. The fourth-order valence-electron chi connectivity index (χ4n) is 5.62. The highest BCUT2D eigenvalue weighted by Crippen LogP contribution is 2.25. The lowest BCUT2D eigenvalue weighted by Crippen LogP contribution is -1.92. The van der Waals surface area contributed by atoms with Gasteiger partial charge in [-0.15, -0.1) is 0 Å². The number of hydrogen-bond donors (Lipinski definition) is 0. The normalized spacial score (nSPS) is 11.4. The molecule has 0 aromatic carbocycles. The van der Waals surface area contributed by atoms with Gasteiger partial charge in [0, 0.05) is 0 Å². The summed E-state index contributed by atoms with van der Waals surface area (Å²) < 4.78 is 22.6. The average molecular weight is 586 g/mol. The molecule has 0 N–H and O–H groups in total. The van der Waals surface area contributed by atoms with Gasteiger partial charge in [-0.2, -0.15) is 0 Å². The minimum Gasteiger partial charge on any atom is -0.283 e. The molecule has 0 unspecified atom stereocenters. The van der Waals surface area contributed by atoms with Crippen molar-refractivity contribution in [2.24, 2.45) is 0 Å². The second-order valence-electron chi connectivity index (χ2n) is 12.5. The fourth-order valence-corrected chi connectivity index (χ4v) is 6.25. The molecule has 0 heterocycles. The van der Waals surface area contributed by atoms with Gasteiger partial charge in [0.05, 0.1) is 13.2 Å². The van der Waals surface area contributed by atoms with Crippen LogP contribution in [0.5, 0.6) is 0 Å². The van der Waals surface area contributed by atoms with Gasteiger partial charge in [-0.3, -0.25) is 9.05 Å². The highest BCUT2D eigenvalue weighted by atomic mass is 31.1. The van der Waals surface area contributed by atoms with Crippen molar-refractivity contribution in [3.63, 3.8) is 0 Å². The van der Waals surface area contributed by atoms with E-state index in [4.69, 9.17) is 9.05 Å². The Balaban J connectivity index is 3.14. The number of rotatable bonds is 36. The summed E-state index contributed by atoms with van der Waals surface area (Å²) in [6.07, 6.45) is 43.6. The second kappa shape index (κ2) is 37.0. The summed E-state index contributed by atoms with van der Waals surface area (Å²) in [5.41, 5.74) is 0. The zero-order chi connectivity index (χ0) is 29.0. The van der Waals surface area contributed by atoms with Gasteiger partial charge < -0.3 is 0 Å². The zero-order valence-electron chi connectivity index (χ0n) is 27.7. The van der Waals surface area contributed by atoms with Crippen LogP contribution in [0.2, 0.25) is 0 Å². The van der Waals surface area contributed by atoms with Gasteiger partial charge in [0.15, 0.2) is 0 Å². The van der Waals surface area contributed by atoms with Crippen LogP contribution >= 0.6 is 8.25 Å². The third-order valence-corrected chi connectivity index (χ3v) is 9.18. The smallest absolute Gasteiger partial charge is 0.283 e. The molecule has 0 saturated carbocycles. The van der Waals surface area contributed by atoms with E-state index in [-0.39, 0.29) is 0 Å². The Morgan fingerprint density at radius 2 is 0.475 bits per heavy atom. The van der Waals surface area contributed by atoms with Gasteiger partial charge in [-0.25, -0.2) is 4.57 Å². The molecule has 0 aromatic heterocycles. The van der Waals surface area contributed by atoms with E-state index in [1.807, 2.05) is 0 Å². The SMILES string of the molecule is CCCCCCCCCCCCCCCCCCO[P](=O)OCCCCCCCCCCCCCCCCCC. The van der Waals surface area contributed by atoms with Crippen molar-refractivity contribution in [3.8, 4) is 0 Å². The van der Waals surface area contributed by atoms with Crippen LogP contribution in [0.25, 0.3) is 0 Å². The minimum atomic E-state index is -1.92. The molecule has 3 nitrogen and oxygen atoms in total. The second-order valence-corrected chi connectivity index (χ2v) is 13.5. The lowest BCUT2D eigenvalue weighted by atomic mass is 10.0. The summed E-state index contributed by atoms with van der Waals surface area (Å²) in [6.45, 7) is 5.73. The molecule has 0 atom stereocenters. The molecule has 0 bridgehead atoms. The monoisotopic (exact) mass is 586 g/mol. The molecule has 4 heteroatoms. The van der Waals surface area contributed by atoms with Crippen LogP contribution < -0.4 is 0 Å². The summed E-state index contributed by atoms with van der Waals surface area (Å²) in [5, 5.41) is 0. The van der Waals surface area contributed by atoms with Crippen LogP contribution in [0.4, 0.5) is 0 Å². The topological polar surface area (TPSA) is 35.5 Å². The molecule has 0 aromatic rings. The maximum atomic E-state index is 11.9. The van der Waals surface area contributed by atoms with Crippen molar-refractivity contribution in [2.45, 2.75) is 219 Å². The highest BCUT2D eigenvalue weighted by molar-refractivity contribution is 7.33. The summed E-state index contributed by atoms with van der Waals surface area (Å²) in [5.74, 6) is 0. The Hall–Kier alpha value is 0.0200. The van der Waals surface area contributed by atoms with Crippen molar-refractivity contribution in [3.05, 3.63) is 0 Å². The Bertz CT molecular complexity index is 431. The standard InChI is InChI=1S/C36H74O3P/c1-3-5-7-9-11-13-15-17-19-21-23-25-27-29-31-33-35-38-40(37)39-36-34-32-30-28-26-24-22-20-18-16-14-12-10-8-6-4-2/h3-36H2,1-2H3. The predicted molar refractivity (Wildman–Crippen MR) is 179 cm³/mol. The first-order chi connectivity index (χ1) is 19.8. The van der Waals surface area contributed by atoms with Gasteiger partial charge in [0.1, 0.15) is 0 Å². The maximum absolute atomic E-state index is 11.9. The van der Waals surface area contributed by atoms with Gasteiger partial charge in [-0.1, -0.05) is 206 Å². The molecule has 0 aliphatic heterocycles. The first-order valence-electron chi connectivity index (χ1n) is 18.5. The third kappa shape index (κ3) is 36.0. The van der Waals surface area contributed by atoms with Gasteiger partial charge in [0.25, 0.3) is 0 Å². The lowest BCUT2D eigenvalue weighted by Gasteiger charge is -2.05. The molecule has 0 saturated heterocycles. The summed E-state index contributed by atoms with van der Waals surface area (Å²) in [7, 11) is -1.92. The van der Waals surface area contributed by atoms with Crippen molar-refractivity contribution in [1.82, 2.24) is 0 Å². The Kier molecular flexibility index (Phi) is 37.1. The molecule has 0 aliphatic carbocycles. The molecule has 0 aliphatic rings. The molecule has 40 heavy (non-hydrogen) atoms. The Labute approximate surface area is 254 Å². The zero-order valence-corrected chi connectivity index (χ0v) is 28.6. The molecule has 0 amide bonds. The largest absolute Gasteiger partial charge is 0.368 e. The van der Waals surface area contributed by atoms with Crippen LogP contribution in [0, 0.1) is 0 Å². The third-order valence-electron chi connectivity index (χ3n) is 8.39. The molecule has 241 valence electrons. The van der Waals surface area contributed by atoms with E-state index in [2.05, 4.69) is 13.8 Å². The molecule has 0 fully saturated rings. The van der Waals surface area contributed by atoms with Crippen molar-refractivity contribution < 1.29 is 13.6 Å². The summed E-state index contributed by atoms with van der Waals surface area (Å²) >= 11 is 0. The predicted octanol–water partition coefficient (Wildman–Crippen LogP) is 14.2. The van der Waals surface area contributed by atoms with E-state index in [9.17, 15) is 4.57 Å². The van der Waals surface area contributed by atoms with Crippen molar-refractivity contribution in [2.75, 3.05) is 13.2 Å². The number of hydrogen-bond acceptors (Lipinski definition) is 3. The summed E-state index contributed by atoms with van der Waals surface area (Å²) in [4.78, 5) is 0. The van der Waals surface area contributed by atoms with Crippen molar-refractivity contribution in [1.29, 1.82) is 0 Å². The van der Waals surface area contributed by atoms with Gasteiger partial charge >= 0.3 is 8.25 Å². The molecule has 0 spiro atoms. The van der Waals surface area contributed by atoms with E-state index in [1.54, 1.807) is 0 Å². The average Bonchev–Trinajstić information content (AvgIpc) is 2.96. The van der Waals surface area contributed by atoms with E-state index in [1.165, 1.54) is 193 Å². The molecular weight excluding hydrogens is 511 g/mol. The summed E-state index contributed by atoms with van der Waals surface area (Å²) in [6, 6.07) is 0. The number of unbranched alkanes of at least 4 members (excludes halogenated alkanes) is 30. The first kappa shape index (κ1) is 40.0. The molecule has 0 rings (SSSR count). The van der Waals surface area contributed by atoms with Crippen LogP contribution in [0.3, 0.4) is 0 Å². The van der Waals surface area contributed by atoms with Gasteiger partial charge in [0.2, 0.25) is 0 Å². The maximum Gasteiger partial charge on any atom is 0.368 e. The van der Waals surface area contributed by atoms with Gasteiger partial charge in [-0.05, 0) is 12.8 Å².